The van der Waals surface area contributed by atoms with Crippen LogP contribution < -0.4 is 4.74 Å². The predicted molar refractivity (Wildman–Crippen MR) is 110 cm³/mol. The highest BCUT2D eigenvalue weighted by molar-refractivity contribution is 5.76. The van der Waals surface area contributed by atoms with Crippen LogP contribution in [0.15, 0.2) is 42.7 Å². The van der Waals surface area contributed by atoms with Gasteiger partial charge in [0.1, 0.15) is 18.0 Å². The number of rotatable bonds is 7. The lowest BCUT2D eigenvalue weighted by Crippen LogP contribution is -2.49. The molecule has 0 saturated carbocycles. The Morgan fingerprint density at radius 3 is 2.70 bits per heavy atom. The Morgan fingerprint density at radius 2 is 2.00 bits per heavy atom. The second-order valence-electron chi connectivity index (χ2n) is 8.04. The van der Waals surface area contributed by atoms with Crippen molar-refractivity contribution < 1.29 is 19.1 Å². The minimum Gasteiger partial charge on any atom is -0.492 e. The molecule has 0 aliphatic carbocycles. The first-order valence-electron chi connectivity index (χ1n) is 10.4. The summed E-state index contributed by atoms with van der Waals surface area (Å²) >= 11 is 0. The molecule has 2 fully saturated rings. The average Bonchev–Trinajstić information content (AvgIpc) is 3.30. The Kier molecular flexibility index (Phi) is 5.92. The van der Waals surface area contributed by atoms with Crippen LogP contribution in [0, 0.1) is 0 Å². The maximum absolute atomic E-state index is 12.6. The number of aromatic nitrogens is 2. The summed E-state index contributed by atoms with van der Waals surface area (Å²) in [6, 6.07) is 9.56. The minimum absolute atomic E-state index is 0.145. The summed E-state index contributed by atoms with van der Waals surface area (Å²) in [5.74, 6) is 0.934. The number of nitrogens with zero attached hydrogens (tertiary/aromatic N) is 4. The van der Waals surface area contributed by atoms with E-state index in [0.29, 0.717) is 58.5 Å². The van der Waals surface area contributed by atoms with Crippen LogP contribution in [0.1, 0.15) is 24.8 Å². The Hall–Kier alpha value is -3.03. The number of carbonyl (C=O) groups excluding carboxylic acids is 2. The van der Waals surface area contributed by atoms with Crippen molar-refractivity contribution in [1.29, 1.82) is 0 Å². The van der Waals surface area contributed by atoms with Crippen molar-refractivity contribution in [1.82, 2.24) is 19.6 Å². The van der Waals surface area contributed by atoms with Crippen LogP contribution in [-0.2, 0) is 23.0 Å². The summed E-state index contributed by atoms with van der Waals surface area (Å²) in [7, 11) is 1.87. The van der Waals surface area contributed by atoms with Crippen molar-refractivity contribution in [2.24, 2.45) is 7.05 Å². The molecule has 3 heterocycles. The van der Waals surface area contributed by atoms with E-state index in [1.807, 2.05) is 48.5 Å². The van der Waals surface area contributed by atoms with Crippen molar-refractivity contribution in [2.45, 2.75) is 31.3 Å². The molecule has 2 aliphatic heterocycles. The Bertz CT molecular complexity index is 874. The van der Waals surface area contributed by atoms with E-state index < -0.39 is 5.60 Å². The van der Waals surface area contributed by atoms with Gasteiger partial charge in [-0.2, -0.15) is 5.10 Å². The Labute approximate surface area is 176 Å². The van der Waals surface area contributed by atoms with E-state index in [2.05, 4.69) is 5.10 Å². The van der Waals surface area contributed by atoms with E-state index in [-0.39, 0.29) is 12.0 Å². The van der Waals surface area contributed by atoms with E-state index in [1.54, 1.807) is 15.8 Å². The van der Waals surface area contributed by atoms with Gasteiger partial charge in [-0.05, 0) is 24.1 Å². The number of para-hydroxylation sites is 1. The standard InChI is InChI=1S/C22H28N4O4/c1-24-16-18(15-23-24)7-8-20(27)25-11-9-22(10-12-25)17-26(21(28)30-22)13-14-29-19-5-3-2-4-6-19/h2-6,15-16H,7-14,17H2,1H3. The highest BCUT2D eigenvalue weighted by Gasteiger charge is 2.47. The molecule has 160 valence electrons. The van der Waals surface area contributed by atoms with Crippen molar-refractivity contribution >= 4 is 12.0 Å². The molecule has 2 saturated heterocycles. The molecular formula is C22H28N4O4. The fourth-order valence-electron chi connectivity index (χ4n) is 4.09. The van der Waals surface area contributed by atoms with Crippen molar-refractivity contribution in [3.8, 4) is 5.75 Å². The molecule has 8 heteroatoms. The van der Waals surface area contributed by atoms with Gasteiger partial charge in [0.05, 0.1) is 19.3 Å². The summed E-state index contributed by atoms with van der Waals surface area (Å²) in [6.45, 7) is 2.71. The van der Waals surface area contributed by atoms with Crippen LogP contribution in [0.25, 0.3) is 0 Å². The quantitative estimate of drug-likeness (QED) is 0.697. The van der Waals surface area contributed by atoms with E-state index in [9.17, 15) is 9.59 Å². The van der Waals surface area contributed by atoms with E-state index >= 15 is 0 Å². The van der Waals surface area contributed by atoms with Gasteiger partial charge in [-0.3, -0.25) is 9.48 Å². The largest absolute Gasteiger partial charge is 0.492 e. The average molecular weight is 412 g/mol. The molecule has 4 rings (SSSR count). The van der Waals surface area contributed by atoms with Crippen molar-refractivity contribution in [3.63, 3.8) is 0 Å². The fraction of sp³-hybridized carbons (Fsp3) is 0.500. The third-order valence-electron chi connectivity index (χ3n) is 5.83. The maximum atomic E-state index is 12.6. The maximum Gasteiger partial charge on any atom is 0.410 e. The highest BCUT2D eigenvalue weighted by atomic mass is 16.6. The smallest absolute Gasteiger partial charge is 0.410 e. The number of ether oxygens (including phenoxy) is 2. The number of benzene rings is 1. The zero-order valence-corrected chi connectivity index (χ0v) is 17.3. The molecule has 8 nitrogen and oxygen atoms in total. The first-order valence-corrected chi connectivity index (χ1v) is 10.4. The highest BCUT2D eigenvalue weighted by Crippen LogP contribution is 2.33. The summed E-state index contributed by atoms with van der Waals surface area (Å²) < 4.78 is 13.2. The zero-order chi connectivity index (χ0) is 21.0. The summed E-state index contributed by atoms with van der Waals surface area (Å²) in [5.41, 5.74) is 0.585. The molecule has 0 unspecified atom stereocenters. The van der Waals surface area contributed by atoms with Gasteiger partial charge in [-0.15, -0.1) is 0 Å². The number of amides is 2. The van der Waals surface area contributed by atoms with Gasteiger partial charge in [0, 0.05) is 45.6 Å². The SMILES string of the molecule is Cn1cc(CCC(=O)N2CCC3(CC2)CN(CCOc2ccccc2)C(=O)O3)cn1. The number of aryl methyl sites for hydroxylation is 2. The van der Waals surface area contributed by atoms with Gasteiger partial charge in [0.15, 0.2) is 0 Å². The lowest BCUT2D eigenvalue weighted by Gasteiger charge is -2.37. The minimum atomic E-state index is -0.482. The fourth-order valence-corrected chi connectivity index (χ4v) is 4.09. The van der Waals surface area contributed by atoms with Gasteiger partial charge in [0.2, 0.25) is 5.91 Å². The van der Waals surface area contributed by atoms with Gasteiger partial charge < -0.3 is 19.3 Å². The second-order valence-corrected chi connectivity index (χ2v) is 8.04. The number of hydrogen-bond donors (Lipinski definition) is 0. The molecule has 0 bridgehead atoms. The zero-order valence-electron chi connectivity index (χ0n) is 17.3. The Morgan fingerprint density at radius 1 is 1.23 bits per heavy atom. The van der Waals surface area contributed by atoms with Crippen LogP contribution in [0.2, 0.25) is 0 Å². The topological polar surface area (TPSA) is 76.9 Å². The van der Waals surface area contributed by atoms with Gasteiger partial charge in [-0.1, -0.05) is 18.2 Å². The van der Waals surface area contributed by atoms with Crippen LogP contribution in [-0.4, -0.2) is 70.0 Å². The normalized spacial score (nSPS) is 18.0. The van der Waals surface area contributed by atoms with Crippen LogP contribution in [0.4, 0.5) is 4.79 Å². The molecule has 1 spiro atoms. The molecular weight excluding hydrogens is 384 g/mol. The van der Waals surface area contributed by atoms with Crippen molar-refractivity contribution in [2.75, 3.05) is 32.8 Å². The molecule has 0 radical (unpaired) electrons. The van der Waals surface area contributed by atoms with Crippen LogP contribution >= 0.6 is 0 Å². The second kappa shape index (κ2) is 8.77. The lowest BCUT2D eigenvalue weighted by molar-refractivity contribution is -0.134. The lowest BCUT2D eigenvalue weighted by atomic mass is 9.91. The van der Waals surface area contributed by atoms with E-state index in [0.717, 1.165) is 11.3 Å². The summed E-state index contributed by atoms with van der Waals surface area (Å²) in [4.78, 5) is 28.5. The molecule has 0 atom stereocenters. The summed E-state index contributed by atoms with van der Waals surface area (Å²) in [6.07, 6.45) is 5.96. The molecule has 1 aromatic carbocycles. The number of likely N-dealkylation sites (tertiary alicyclic amines) is 1. The summed E-state index contributed by atoms with van der Waals surface area (Å²) in [5, 5.41) is 4.14. The Balaban J connectivity index is 1.21. The van der Waals surface area contributed by atoms with Crippen LogP contribution in [0.5, 0.6) is 5.75 Å². The third-order valence-corrected chi connectivity index (χ3v) is 5.83. The monoisotopic (exact) mass is 412 g/mol. The van der Waals surface area contributed by atoms with Gasteiger partial charge in [-0.25, -0.2) is 4.79 Å². The number of carbonyl (C=O) groups is 2. The number of hydrogen-bond acceptors (Lipinski definition) is 5. The predicted octanol–water partition coefficient (Wildman–Crippen LogP) is 2.25. The molecule has 2 aromatic rings. The van der Waals surface area contributed by atoms with E-state index in [4.69, 9.17) is 9.47 Å². The van der Waals surface area contributed by atoms with Gasteiger partial charge >= 0.3 is 6.09 Å². The number of piperidine rings is 1. The van der Waals surface area contributed by atoms with E-state index in [1.165, 1.54) is 0 Å². The first kappa shape index (κ1) is 20.3. The first-order chi connectivity index (χ1) is 14.5. The molecule has 1 aromatic heterocycles. The van der Waals surface area contributed by atoms with Gasteiger partial charge in [0.25, 0.3) is 0 Å². The molecule has 2 amide bonds. The molecule has 2 aliphatic rings. The van der Waals surface area contributed by atoms with Crippen molar-refractivity contribution in [3.05, 3.63) is 48.3 Å². The third kappa shape index (κ3) is 4.75. The molecule has 0 N–H and O–H groups in total. The molecule has 30 heavy (non-hydrogen) atoms. The van der Waals surface area contributed by atoms with Crippen LogP contribution in [0.3, 0.4) is 0 Å².